The Morgan fingerprint density at radius 1 is 1.14 bits per heavy atom. The Bertz CT molecular complexity index is 705. The number of halogens is 1. The lowest BCUT2D eigenvalue weighted by Gasteiger charge is -1.99. The molecule has 4 nitrogen and oxygen atoms in total. The molecule has 21 heavy (non-hydrogen) atoms. The summed E-state index contributed by atoms with van der Waals surface area (Å²) in [4.78, 5) is 34.6. The van der Waals surface area contributed by atoms with Crippen molar-refractivity contribution in [3.05, 3.63) is 56.7 Å². The number of thiophene rings is 1. The zero-order valence-electron chi connectivity index (χ0n) is 10.8. The van der Waals surface area contributed by atoms with Crippen molar-refractivity contribution in [3.8, 4) is 0 Å². The normalized spacial score (nSPS) is 10.3. The lowest BCUT2D eigenvalue weighted by molar-refractivity contribution is -0.148. The molecule has 0 atom stereocenters. The summed E-state index contributed by atoms with van der Waals surface area (Å²) in [6.45, 7) is 0. The molecular formula is C15H11ClO4S. The van der Waals surface area contributed by atoms with Crippen LogP contribution in [0.1, 0.15) is 26.5 Å². The average molecular weight is 323 g/mol. The van der Waals surface area contributed by atoms with Crippen molar-refractivity contribution in [2.75, 3.05) is 0 Å². The number of carbonyl (C=O) groups excluding carboxylic acids is 2. The molecule has 0 radical (unpaired) electrons. The first-order valence-corrected chi connectivity index (χ1v) is 7.27. The SMILES string of the molecule is O=C(O)C(=O)CC(=O)c1ccc(Cc2cccc(Cl)c2)s1. The summed E-state index contributed by atoms with van der Waals surface area (Å²) in [6, 6.07) is 10.8. The third-order valence-corrected chi connectivity index (χ3v) is 4.12. The number of hydrogen-bond acceptors (Lipinski definition) is 4. The number of rotatable bonds is 6. The highest BCUT2D eigenvalue weighted by molar-refractivity contribution is 7.14. The summed E-state index contributed by atoms with van der Waals surface area (Å²) >= 11 is 7.17. The number of carboxylic acids is 1. The van der Waals surface area contributed by atoms with E-state index in [4.69, 9.17) is 16.7 Å². The third-order valence-electron chi connectivity index (χ3n) is 2.76. The highest BCUT2D eigenvalue weighted by Crippen LogP contribution is 2.22. The molecule has 0 aliphatic heterocycles. The number of carbonyl (C=O) groups is 3. The lowest BCUT2D eigenvalue weighted by atomic mass is 10.1. The van der Waals surface area contributed by atoms with E-state index in [9.17, 15) is 14.4 Å². The Morgan fingerprint density at radius 2 is 1.90 bits per heavy atom. The Kier molecular flexibility index (Phi) is 4.88. The second kappa shape index (κ2) is 6.65. The van der Waals surface area contributed by atoms with Crippen LogP contribution in [0.5, 0.6) is 0 Å². The number of hydrogen-bond donors (Lipinski definition) is 1. The van der Waals surface area contributed by atoms with Crippen molar-refractivity contribution >= 4 is 40.5 Å². The highest BCUT2D eigenvalue weighted by Gasteiger charge is 2.19. The summed E-state index contributed by atoms with van der Waals surface area (Å²) in [5.74, 6) is -3.14. The van der Waals surface area contributed by atoms with Gasteiger partial charge in [-0.3, -0.25) is 9.59 Å². The standard InChI is InChI=1S/C15H11ClO4S/c16-10-3-1-2-9(6-10)7-11-4-5-14(21-11)12(17)8-13(18)15(19)20/h1-6H,7-8H2,(H,19,20). The second-order valence-corrected chi connectivity index (χ2v) is 6.01. The van der Waals surface area contributed by atoms with E-state index in [2.05, 4.69) is 0 Å². The van der Waals surface area contributed by atoms with Crippen molar-refractivity contribution in [3.63, 3.8) is 0 Å². The molecule has 108 valence electrons. The maximum absolute atomic E-state index is 11.8. The van der Waals surface area contributed by atoms with Gasteiger partial charge < -0.3 is 5.11 Å². The van der Waals surface area contributed by atoms with Crippen LogP contribution in [0, 0.1) is 0 Å². The van der Waals surface area contributed by atoms with Gasteiger partial charge in [-0.25, -0.2) is 4.79 Å². The minimum Gasteiger partial charge on any atom is -0.475 e. The molecule has 1 N–H and O–H groups in total. The van der Waals surface area contributed by atoms with Crippen LogP contribution >= 0.6 is 22.9 Å². The number of carboxylic acid groups (broad SMARTS) is 1. The third kappa shape index (κ3) is 4.24. The molecule has 0 bridgehead atoms. The number of aliphatic carboxylic acids is 1. The molecule has 0 saturated heterocycles. The van der Waals surface area contributed by atoms with Crippen molar-refractivity contribution in [2.24, 2.45) is 0 Å². The molecule has 1 aromatic heterocycles. The van der Waals surface area contributed by atoms with E-state index in [1.165, 1.54) is 11.3 Å². The highest BCUT2D eigenvalue weighted by atomic mass is 35.5. The minimum absolute atomic E-state index is 0.390. The van der Waals surface area contributed by atoms with E-state index in [0.29, 0.717) is 16.3 Å². The fourth-order valence-electron chi connectivity index (χ4n) is 1.78. The van der Waals surface area contributed by atoms with E-state index >= 15 is 0 Å². The van der Waals surface area contributed by atoms with Crippen LogP contribution in [0.3, 0.4) is 0 Å². The Morgan fingerprint density at radius 3 is 2.57 bits per heavy atom. The number of ketones is 2. The van der Waals surface area contributed by atoms with Gasteiger partial charge in [0.05, 0.1) is 11.3 Å². The Hall–Kier alpha value is -1.98. The molecule has 1 aromatic carbocycles. The minimum atomic E-state index is -1.58. The van der Waals surface area contributed by atoms with Crippen molar-refractivity contribution < 1.29 is 19.5 Å². The van der Waals surface area contributed by atoms with Crippen LogP contribution < -0.4 is 0 Å². The van der Waals surface area contributed by atoms with Gasteiger partial charge in [-0.1, -0.05) is 23.7 Å². The van der Waals surface area contributed by atoms with Crippen LogP contribution in [0.4, 0.5) is 0 Å². The predicted octanol–water partition coefficient (Wildman–Crippen LogP) is 3.22. The monoisotopic (exact) mass is 322 g/mol. The molecule has 2 rings (SSSR count). The maximum Gasteiger partial charge on any atom is 0.372 e. The first-order chi connectivity index (χ1) is 9.95. The summed E-state index contributed by atoms with van der Waals surface area (Å²) in [5.41, 5.74) is 1.02. The largest absolute Gasteiger partial charge is 0.475 e. The number of Topliss-reactive ketones (excluding diaryl/α,β-unsaturated/α-hetero) is 2. The molecule has 0 aliphatic rings. The van der Waals surface area contributed by atoms with Gasteiger partial charge >= 0.3 is 5.97 Å². The van der Waals surface area contributed by atoms with Gasteiger partial charge in [0.15, 0.2) is 5.78 Å². The molecule has 0 fully saturated rings. The molecule has 6 heteroatoms. The summed E-state index contributed by atoms with van der Waals surface area (Å²) in [7, 11) is 0. The maximum atomic E-state index is 11.8. The average Bonchev–Trinajstić information content (AvgIpc) is 2.87. The summed E-state index contributed by atoms with van der Waals surface area (Å²) in [5, 5.41) is 9.14. The van der Waals surface area contributed by atoms with Crippen LogP contribution in [0.25, 0.3) is 0 Å². The molecule has 0 saturated carbocycles. The van der Waals surface area contributed by atoms with E-state index in [1.54, 1.807) is 18.2 Å². The van der Waals surface area contributed by atoms with E-state index in [-0.39, 0.29) is 0 Å². The second-order valence-electron chi connectivity index (χ2n) is 4.40. The lowest BCUT2D eigenvalue weighted by Crippen LogP contribution is -2.16. The first-order valence-electron chi connectivity index (χ1n) is 6.08. The molecule has 0 spiro atoms. The van der Waals surface area contributed by atoms with E-state index in [1.807, 2.05) is 18.2 Å². The molecule has 0 aliphatic carbocycles. The molecular weight excluding hydrogens is 312 g/mol. The van der Waals surface area contributed by atoms with Gasteiger partial charge in [-0.2, -0.15) is 0 Å². The molecule has 0 amide bonds. The smallest absolute Gasteiger partial charge is 0.372 e. The van der Waals surface area contributed by atoms with E-state index in [0.717, 1.165) is 10.4 Å². The topological polar surface area (TPSA) is 71.4 Å². The summed E-state index contributed by atoms with van der Waals surface area (Å²) < 4.78 is 0. The van der Waals surface area contributed by atoms with E-state index < -0.39 is 24.0 Å². The predicted molar refractivity (Wildman–Crippen MR) is 80.2 cm³/mol. The van der Waals surface area contributed by atoms with Gasteiger partial charge in [0, 0.05) is 16.3 Å². The molecule has 1 heterocycles. The summed E-state index contributed by atoms with van der Waals surface area (Å²) in [6.07, 6.45) is 0.0256. The van der Waals surface area contributed by atoms with Crippen molar-refractivity contribution in [1.82, 2.24) is 0 Å². The van der Waals surface area contributed by atoms with Gasteiger partial charge in [-0.05, 0) is 29.8 Å². The van der Waals surface area contributed by atoms with Gasteiger partial charge in [0.1, 0.15) is 0 Å². The Balaban J connectivity index is 2.06. The van der Waals surface area contributed by atoms with Gasteiger partial charge in [0.25, 0.3) is 0 Å². The Labute approximate surface area is 130 Å². The van der Waals surface area contributed by atoms with Crippen molar-refractivity contribution in [2.45, 2.75) is 12.8 Å². The van der Waals surface area contributed by atoms with Gasteiger partial charge in [-0.15, -0.1) is 11.3 Å². The van der Waals surface area contributed by atoms with Crippen LogP contribution in [-0.4, -0.2) is 22.6 Å². The first kappa shape index (κ1) is 15.4. The fraction of sp³-hybridized carbons (Fsp3) is 0.133. The number of benzene rings is 1. The zero-order valence-corrected chi connectivity index (χ0v) is 12.4. The quantitative estimate of drug-likeness (QED) is 0.503. The van der Waals surface area contributed by atoms with Crippen molar-refractivity contribution in [1.29, 1.82) is 0 Å². The molecule has 2 aromatic rings. The zero-order chi connectivity index (χ0) is 15.4. The van der Waals surface area contributed by atoms with Crippen LogP contribution in [0.2, 0.25) is 5.02 Å². The van der Waals surface area contributed by atoms with Gasteiger partial charge in [0.2, 0.25) is 5.78 Å². The van der Waals surface area contributed by atoms with Crippen LogP contribution in [-0.2, 0) is 16.0 Å². The molecule has 0 unspecified atom stereocenters. The fourth-order valence-corrected chi connectivity index (χ4v) is 2.97. The van der Waals surface area contributed by atoms with Crippen LogP contribution in [0.15, 0.2) is 36.4 Å².